The van der Waals surface area contributed by atoms with Crippen LogP contribution in [0.3, 0.4) is 0 Å². The summed E-state index contributed by atoms with van der Waals surface area (Å²) in [4.78, 5) is 23.1. The normalized spacial score (nSPS) is 27.9. The number of imide groups is 1. The number of carbonyl (C=O) groups is 2. The van der Waals surface area contributed by atoms with Crippen molar-refractivity contribution in [2.24, 2.45) is 5.92 Å². The van der Waals surface area contributed by atoms with Gasteiger partial charge in [0, 0.05) is 19.2 Å². The minimum Gasteiger partial charge on any atom is -0.376 e. The van der Waals surface area contributed by atoms with Crippen LogP contribution < -0.4 is 16.0 Å². The molecule has 2 fully saturated rings. The first kappa shape index (κ1) is 14.3. The number of rotatable bonds is 5. The number of urea groups is 1. The van der Waals surface area contributed by atoms with Crippen LogP contribution in [0.15, 0.2) is 0 Å². The zero-order valence-corrected chi connectivity index (χ0v) is 11.6. The van der Waals surface area contributed by atoms with Gasteiger partial charge in [0.25, 0.3) is 0 Å². The van der Waals surface area contributed by atoms with Gasteiger partial charge in [0.1, 0.15) is 0 Å². The van der Waals surface area contributed by atoms with E-state index in [1.54, 1.807) is 6.92 Å². The second-order valence-corrected chi connectivity index (χ2v) is 5.31. The van der Waals surface area contributed by atoms with Crippen LogP contribution in [0.25, 0.3) is 0 Å². The van der Waals surface area contributed by atoms with Gasteiger partial charge in [-0.3, -0.25) is 10.1 Å². The molecule has 0 aromatic carbocycles. The van der Waals surface area contributed by atoms with Crippen molar-refractivity contribution in [3.05, 3.63) is 0 Å². The summed E-state index contributed by atoms with van der Waals surface area (Å²) in [5.74, 6) is 0.353. The molecule has 2 aliphatic rings. The van der Waals surface area contributed by atoms with E-state index in [1.807, 2.05) is 6.92 Å². The number of nitrogens with one attached hydrogen (secondary N) is 3. The van der Waals surface area contributed by atoms with Gasteiger partial charge in [-0.2, -0.15) is 0 Å². The van der Waals surface area contributed by atoms with Gasteiger partial charge in [0.15, 0.2) is 0 Å². The Bertz CT molecular complexity index is 344. The molecule has 0 aromatic rings. The number of amides is 3. The molecule has 2 rings (SSSR count). The number of carbonyl (C=O) groups excluding carboxylic acids is 2. The molecule has 1 saturated heterocycles. The van der Waals surface area contributed by atoms with E-state index < -0.39 is 12.1 Å². The van der Waals surface area contributed by atoms with Crippen LogP contribution in [0.4, 0.5) is 4.79 Å². The van der Waals surface area contributed by atoms with Crippen LogP contribution in [0.5, 0.6) is 0 Å². The van der Waals surface area contributed by atoms with Crippen molar-refractivity contribution in [3.63, 3.8) is 0 Å². The summed E-state index contributed by atoms with van der Waals surface area (Å²) < 4.78 is 5.72. The van der Waals surface area contributed by atoms with Crippen molar-refractivity contribution in [1.82, 2.24) is 16.0 Å². The van der Waals surface area contributed by atoms with Crippen LogP contribution >= 0.6 is 0 Å². The molecule has 1 aliphatic heterocycles. The van der Waals surface area contributed by atoms with Crippen molar-refractivity contribution < 1.29 is 14.3 Å². The second kappa shape index (κ2) is 6.34. The molecule has 3 N–H and O–H groups in total. The molecule has 108 valence electrons. The highest BCUT2D eigenvalue weighted by atomic mass is 16.5. The molecule has 0 aromatic heterocycles. The summed E-state index contributed by atoms with van der Waals surface area (Å²) in [5.41, 5.74) is 0. The number of hydrogen-bond acceptors (Lipinski definition) is 4. The van der Waals surface area contributed by atoms with Gasteiger partial charge in [-0.05, 0) is 39.0 Å². The fourth-order valence-electron chi connectivity index (χ4n) is 2.50. The first-order chi connectivity index (χ1) is 9.11. The average Bonchev–Trinajstić information content (AvgIpc) is 3.10. The zero-order chi connectivity index (χ0) is 13.8. The van der Waals surface area contributed by atoms with E-state index in [-0.39, 0.29) is 18.1 Å². The van der Waals surface area contributed by atoms with Gasteiger partial charge in [-0.25, -0.2) is 4.79 Å². The summed E-state index contributed by atoms with van der Waals surface area (Å²) in [6, 6.07) is -0.611. The van der Waals surface area contributed by atoms with E-state index in [4.69, 9.17) is 4.74 Å². The molecule has 1 saturated carbocycles. The summed E-state index contributed by atoms with van der Waals surface area (Å²) in [5, 5.41) is 8.14. The molecule has 1 aliphatic carbocycles. The highest BCUT2D eigenvalue weighted by Gasteiger charge is 2.41. The summed E-state index contributed by atoms with van der Waals surface area (Å²) in [7, 11) is 0. The molecule has 19 heavy (non-hydrogen) atoms. The lowest BCUT2D eigenvalue weighted by molar-refractivity contribution is -0.121. The van der Waals surface area contributed by atoms with Crippen molar-refractivity contribution >= 4 is 11.9 Å². The van der Waals surface area contributed by atoms with E-state index in [0.29, 0.717) is 12.5 Å². The molecule has 0 spiro atoms. The number of ether oxygens (including phenoxy) is 1. The fourth-order valence-corrected chi connectivity index (χ4v) is 2.50. The average molecular weight is 269 g/mol. The SMILES string of the molecule is CCNC(=O)NC(=O)C(C)NC1CCOC1C1CC1. The monoisotopic (exact) mass is 269 g/mol. The maximum Gasteiger partial charge on any atom is 0.321 e. The Balaban J connectivity index is 1.77. The zero-order valence-electron chi connectivity index (χ0n) is 11.6. The lowest BCUT2D eigenvalue weighted by Crippen LogP contribution is -2.52. The van der Waals surface area contributed by atoms with Crippen LogP contribution in [0.1, 0.15) is 33.1 Å². The Hall–Kier alpha value is -1.14. The Labute approximate surface area is 113 Å². The molecule has 1 heterocycles. The third kappa shape index (κ3) is 3.91. The molecular formula is C13H23N3O3. The van der Waals surface area contributed by atoms with Gasteiger partial charge >= 0.3 is 6.03 Å². The van der Waals surface area contributed by atoms with Crippen LogP contribution in [0, 0.1) is 5.92 Å². The van der Waals surface area contributed by atoms with Crippen molar-refractivity contribution in [1.29, 1.82) is 0 Å². The van der Waals surface area contributed by atoms with Crippen LogP contribution in [0.2, 0.25) is 0 Å². The maximum absolute atomic E-state index is 11.8. The minimum absolute atomic E-state index is 0.225. The molecular weight excluding hydrogens is 246 g/mol. The first-order valence-corrected chi connectivity index (χ1v) is 7.08. The molecule has 3 amide bonds. The molecule has 0 bridgehead atoms. The lowest BCUT2D eigenvalue weighted by atomic mass is 10.1. The highest BCUT2D eigenvalue weighted by molar-refractivity contribution is 5.96. The molecule has 3 unspecified atom stereocenters. The highest BCUT2D eigenvalue weighted by Crippen LogP contribution is 2.38. The van der Waals surface area contributed by atoms with E-state index in [0.717, 1.165) is 13.0 Å². The van der Waals surface area contributed by atoms with Gasteiger partial charge in [0.2, 0.25) is 5.91 Å². The van der Waals surface area contributed by atoms with Crippen molar-refractivity contribution in [2.75, 3.05) is 13.2 Å². The molecule has 6 nitrogen and oxygen atoms in total. The van der Waals surface area contributed by atoms with Crippen LogP contribution in [-0.2, 0) is 9.53 Å². The predicted molar refractivity (Wildman–Crippen MR) is 70.7 cm³/mol. The van der Waals surface area contributed by atoms with E-state index in [9.17, 15) is 9.59 Å². The van der Waals surface area contributed by atoms with Gasteiger partial charge < -0.3 is 15.4 Å². The molecule has 0 radical (unpaired) electrons. The topological polar surface area (TPSA) is 79.5 Å². The van der Waals surface area contributed by atoms with E-state index in [1.165, 1.54) is 12.8 Å². The van der Waals surface area contributed by atoms with E-state index >= 15 is 0 Å². The van der Waals surface area contributed by atoms with Crippen LogP contribution in [-0.4, -0.2) is 43.3 Å². The summed E-state index contributed by atoms with van der Waals surface area (Å²) in [6.45, 7) is 4.84. The van der Waals surface area contributed by atoms with Crippen molar-refractivity contribution in [3.8, 4) is 0 Å². The molecule has 6 heteroatoms. The largest absolute Gasteiger partial charge is 0.376 e. The Morgan fingerprint density at radius 3 is 2.68 bits per heavy atom. The minimum atomic E-state index is -0.442. The smallest absolute Gasteiger partial charge is 0.321 e. The lowest BCUT2D eigenvalue weighted by Gasteiger charge is -2.23. The Kier molecular flexibility index (Phi) is 4.76. The quantitative estimate of drug-likeness (QED) is 0.674. The standard InChI is InChI=1S/C13H23N3O3/c1-3-14-13(18)16-12(17)8(2)15-10-6-7-19-11(10)9-4-5-9/h8-11,15H,3-7H2,1-2H3,(H2,14,16,17,18). The first-order valence-electron chi connectivity index (χ1n) is 7.08. The van der Waals surface area contributed by atoms with Gasteiger partial charge in [-0.1, -0.05) is 0 Å². The van der Waals surface area contributed by atoms with Gasteiger partial charge in [0.05, 0.1) is 12.1 Å². The number of hydrogen-bond donors (Lipinski definition) is 3. The molecule has 3 atom stereocenters. The maximum atomic E-state index is 11.8. The third-order valence-electron chi connectivity index (χ3n) is 3.65. The Morgan fingerprint density at radius 2 is 2.05 bits per heavy atom. The third-order valence-corrected chi connectivity index (χ3v) is 3.65. The summed E-state index contributed by atoms with van der Waals surface area (Å²) in [6.07, 6.45) is 3.62. The fraction of sp³-hybridized carbons (Fsp3) is 0.846. The summed E-state index contributed by atoms with van der Waals surface area (Å²) >= 11 is 0. The predicted octanol–water partition coefficient (Wildman–Crippen LogP) is 0.378. The Morgan fingerprint density at radius 1 is 1.32 bits per heavy atom. The van der Waals surface area contributed by atoms with E-state index in [2.05, 4.69) is 16.0 Å². The van der Waals surface area contributed by atoms with Crippen molar-refractivity contribution in [2.45, 2.75) is 51.3 Å². The second-order valence-electron chi connectivity index (χ2n) is 5.31. The van der Waals surface area contributed by atoms with Gasteiger partial charge in [-0.15, -0.1) is 0 Å².